The fourth-order valence-corrected chi connectivity index (χ4v) is 5.12. The van der Waals surface area contributed by atoms with E-state index in [1.54, 1.807) is 6.20 Å². The quantitative estimate of drug-likeness (QED) is 0.463. The Morgan fingerprint density at radius 1 is 1.11 bits per heavy atom. The van der Waals surface area contributed by atoms with Gasteiger partial charge in [-0.2, -0.15) is 5.26 Å². The third-order valence-electron chi connectivity index (χ3n) is 7.75. The number of aliphatic hydroxyl groups is 1. The highest BCUT2D eigenvalue weighted by Gasteiger charge is 2.49. The van der Waals surface area contributed by atoms with Crippen molar-refractivity contribution in [3.05, 3.63) is 47.9 Å². The number of carbonyl (C=O) groups excluding carboxylic acids is 1. The molecule has 3 N–H and O–H groups in total. The Kier molecular flexibility index (Phi) is 5.56. The Morgan fingerprint density at radius 2 is 1.86 bits per heavy atom. The summed E-state index contributed by atoms with van der Waals surface area (Å²) in [5.74, 6) is 0.571. The maximum atomic E-state index is 13.2. The second-order valence-electron chi connectivity index (χ2n) is 10.4. The minimum Gasteiger partial charge on any atom is -0.440 e. The Hall–Kier alpha value is -3.32. The molecular weight excluding hydrogens is 458 g/mol. The van der Waals surface area contributed by atoms with Crippen LogP contribution in [0.25, 0.3) is 22.5 Å². The smallest absolute Gasteiger partial charge is 0.245 e. The molecule has 1 aliphatic heterocycles. The highest BCUT2D eigenvalue weighted by Crippen LogP contribution is 2.37. The standard InChI is InChI=1S/C27H29N5O4/c28-15-25(10-11-25)32-24(33)26(8-2-1-3-9-26)30-13-20-12-21-23(36-20)31-22(14-29-21)18-4-6-19(7-5-18)27(34)16-35-17-27/h4-7,12,14,30,34H,1-3,8-11,13,16-17H2,(H,32,33). The van der Waals surface area contributed by atoms with Crippen LogP contribution in [0.3, 0.4) is 0 Å². The van der Waals surface area contributed by atoms with E-state index in [4.69, 9.17) is 9.15 Å². The third-order valence-corrected chi connectivity index (χ3v) is 7.75. The van der Waals surface area contributed by atoms with Gasteiger partial charge in [0.05, 0.1) is 43.3 Å². The van der Waals surface area contributed by atoms with E-state index in [1.165, 1.54) is 0 Å². The van der Waals surface area contributed by atoms with Gasteiger partial charge in [0.25, 0.3) is 0 Å². The number of hydrogen-bond donors (Lipinski definition) is 3. The number of nitrogens with zero attached hydrogens (tertiary/aromatic N) is 3. The highest BCUT2D eigenvalue weighted by atomic mass is 16.5. The molecule has 0 radical (unpaired) electrons. The van der Waals surface area contributed by atoms with E-state index in [1.807, 2.05) is 30.3 Å². The molecule has 9 heteroatoms. The molecule has 0 spiro atoms. The van der Waals surface area contributed by atoms with Crippen LogP contribution in [0.15, 0.2) is 40.9 Å². The predicted molar refractivity (Wildman–Crippen MR) is 130 cm³/mol. The van der Waals surface area contributed by atoms with Crippen molar-refractivity contribution >= 4 is 17.1 Å². The van der Waals surface area contributed by atoms with Crippen LogP contribution >= 0.6 is 0 Å². The lowest BCUT2D eigenvalue weighted by Gasteiger charge is -2.37. The van der Waals surface area contributed by atoms with Gasteiger partial charge in [-0.1, -0.05) is 43.5 Å². The second-order valence-corrected chi connectivity index (χ2v) is 10.4. The molecule has 3 fully saturated rings. The van der Waals surface area contributed by atoms with Gasteiger partial charge in [0.2, 0.25) is 11.6 Å². The van der Waals surface area contributed by atoms with Crippen molar-refractivity contribution in [2.24, 2.45) is 0 Å². The van der Waals surface area contributed by atoms with Crippen LogP contribution in [0.4, 0.5) is 0 Å². The van der Waals surface area contributed by atoms with Crippen LogP contribution in [-0.2, 0) is 21.7 Å². The number of ether oxygens (including phenoxy) is 1. The van der Waals surface area contributed by atoms with E-state index >= 15 is 0 Å². The van der Waals surface area contributed by atoms with Gasteiger partial charge in [-0.25, -0.2) is 9.97 Å². The van der Waals surface area contributed by atoms with Crippen LogP contribution in [-0.4, -0.2) is 45.3 Å². The highest BCUT2D eigenvalue weighted by molar-refractivity contribution is 5.88. The molecule has 0 unspecified atom stereocenters. The van der Waals surface area contributed by atoms with Crippen molar-refractivity contribution in [2.45, 2.75) is 68.2 Å². The molecule has 1 aromatic carbocycles. The van der Waals surface area contributed by atoms with E-state index in [-0.39, 0.29) is 5.91 Å². The van der Waals surface area contributed by atoms with Crippen LogP contribution in [0.5, 0.6) is 0 Å². The van der Waals surface area contributed by atoms with Gasteiger partial charge in [-0.05, 0) is 31.2 Å². The molecule has 2 saturated carbocycles. The van der Waals surface area contributed by atoms with Gasteiger partial charge in [0, 0.05) is 11.6 Å². The maximum Gasteiger partial charge on any atom is 0.245 e. The lowest BCUT2D eigenvalue weighted by atomic mass is 9.80. The number of benzene rings is 1. The average molecular weight is 488 g/mol. The van der Waals surface area contributed by atoms with E-state index in [9.17, 15) is 15.2 Å². The first-order valence-corrected chi connectivity index (χ1v) is 12.6. The Morgan fingerprint density at radius 3 is 2.50 bits per heavy atom. The zero-order valence-electron chi connectivity index (χ0n) is 20.0. The van der Waals surface area contributed by atoms with Gasteiger partial charge in [0.1, 0.15) is 22.4 Å². The monoisotopic (exact) mass is 487 g/mol. The first-order chi connectivity index (χ1) is 17.4. The molecule has 1 saturated heterocycles. The summed E-state index contributed by atoms with van der Waals surface area (Å²) in [4.78, 5) is 22.4. The number of amides is 1. The van der Waals surface area contributed by atoms with E-state index < -0.39 is 16.7 Å². The van der Waals surface area contributed by atoms with Gasteiger partial charge in [-0.3, -0.25) is 10.1 Å². The molecule has 9 nitrogen and oxygen atoms in total. The average Bonchev–Trinajstić information content (AvgIpc) is 3.55. The molecular formula is C27H29N5O4. The molecule has 36 heavy (non-hydrogen) atoms. The third kappa shape index (κ3) is 4.15. The molecule has 186 valence electrons. The fourth-order valence-electron chi connectivity index (χ4n) is 5.12. The molecule has 3 aromatic rings. The predicted octanol–water partition coefficient (Wildman–Crippen LogP) is 3.07. The number of nitriles is 1. The van der Waals surface area contributed by atoms with E-state index in [0.29, 0.717) is 55.3 Å². The van der Waals surface area contributed by atoms with Crippen LogP contribution in [0.1, 0.15) is 56.3 Å². The zero-order chi connectivity index (χ0) is 24.8. The minimum absolute atomic E-state index is 0.0857. The van der Waals surface area contributed by atoms with Crippen LogP contribution < -0.4 is 10.6 Å². The largest absolute Gasteiger partial charge is 0.440 e. The molecule has 2 aromatic heterocycles. The Balaban J connectivity index is 1.18. The summed E-state index contributed by atoms with van der Waals surface area (Å²) in [6.07, 6.45) is 7.65. The molecule has 0 atom stereocenters. The number of carbonyl (C=O) groups is 1. The summed E-state index contributed by atoms with van der Waals surface area (Å²) in [6, 6.07) is 11.7. The van der Waals surface area contributed by atoms with Crippen LogP contribution in [0, 0.1) is 11.3 Å². The van der Waals surface area contributed by atoms with Gasteiger partial charge in [-0.15, -0.1) is 0 Å². The molecule has 3 heterocycles. The summed E-state index contributed by atoms with van der Waals surface area (Å²) in [7, 11) is 0. The SMILES string of the molecule is N#CC1(NC(=O)C2(NCc3cc4ncc(-c5ccc(C6(O)COC6)cc5)nc4o3)CCCCC2)CC1. The number of hydrogen-bond acceptors (Lipinski definition) is 8. The van der Waals surface area contributed by atoms with Crippen molar-refractivity contribution < 1.29 is 19.1 Å². The molecule has 1 amide bonds. The van der Waals surface area contributed by atoms with Gasteiger partial charge >= 0.3 is 0 Å². The van der Waals surface area contributed by atoms with Crippen molar-refractivity contribution in [2.75, 3.05) is 13.2 Å². The molecule has 6 rings (SSSR count). The second kappa shape index (κ2) is 8.66. The van der Waals surface area contributed by atoms with Crippen molar-refractivity contribution in [1.29, 1.82) is 5.26 Å². The topological polar surface area (TPSA) is 133 Å². The lowest BCUT2D eigenvalue weighted by molar-refractivity contribution is -0.184. The Bertz CT molecular complexity index is 1330. The molecule has 0 bridgehead atoms. The number of furan rings is 1. The first kappa shape index (κ1) is 23.1. The summed E-state index contributed by atoms with van der Waals surface area (Å²) < 4.78 is 11.1. The van der Waals surface area contributed by atoms with E-state index in [2.05, 4.69) is 26.7 Å². The van der Waals surface area contributed by atoms with Crippen molar-refractivity contribution in [3.63, 3.8) is 0 Å². The van der Waals surface area contributed by atoms with Crippen LogP contribution in [0.2, 0.25) is 0 Å². The molecule has 2 aliphatic carbocycles. The minimum atomic E-state index is -0.905. The zero-order valence-corrected chi connectivity index (χ0v) is 20.0. The summed E-state index contributed by atoms with van der Waals surface area (Å²) in [5.41, 5.74) is 1.16. The lowest BCUT2D eigenvalue weighted by Crippen LogP contribution is -2.59. The van der Waals surface area contributed by atoms with Gasteiger partial charge in [0.15, 0.2) is 0 Å². The van der Waals surface area contributed by atoms with E-state index in [0.717, 1.165) is 43.2 Å². The molecule has 3 aliphatic rings. The summed E-state index contributed by atoms with van der Waals surface area (Å²) in [5, 5.41) is 26.3. The normalized spacial score (nSPS) is 21.3. The van der Waals surface area contributed by atoms with Crippen molar-refractivity contribution in [3.8, 4) is 17.3 Å². The summed E-state index contributed by atoms with van der Waals surface area (Å²) >= 11 is 0. The van der Waals surface area contributed by atoms with Gasteiger partial charge < -0.3 is 19.6 Å². The maximum absolute atomic E-state index is 13.2. The number of aromatic nitrogens is 2. The summed E-state index contributed by atoms with van der Waals surface area (Å²) in [6.45, 7) is 0.989. The fraction of sp³-hybridized carbons (Fsp3) is 0.481. The number of fused-ring (bicyclic) bond motifs is 1. The number of rotatable bonds is 7. The first-order valence-electron chi connectivity index (χ1n) is 12.6. The Labute approximate surface area is 208 Å². The number of nitrogens with one attached hydrogen (secondary N) is 2. The van der Waals surface area contributed by atoms with Crippen molar-refractivity contribution in [1.82, 2.24) is 20.6 Å².